The number of benzene rings is 3. The van der Waals surface area contributed by atoms with Crippen molar-refractivity contribution in [2.45, 2.75) is 33.1 Å². The first-order chi connectivity index (χ1) is 16.4. The molecular weight excluding hydrogens is 496 g/mol. The van der Waals surface area contributed by atoms with Crippen molar-refractivity contribution < 1.29 is 23.8 Å². The highest BCUT2D eigenvalue weighted by atomic mass is 79.9. The van der Waals surface area contributed by atoms with Crippen molar-refractivity contribution in [1.29, 1.82) is 0 Å². The average molecular weight is 525 g/mol. The van der Waals surface area contributed by atoms with E-state index in [1.165, 1.54) is 11.6 Å². The molecule has 0 amide bonds. The Hall–Kier alpha value is -3.12. The summed E-state index contributed by atoms with van der Waals surface area (Å²) >= 11 is 3.45. The molecule has 0 heterocycles. The molecule has 5 nitrogen and oxygen atoms in total. The molecule has 0 aliphatic heterocycles. The molecule has 0 atom stereocenters. The summed E-state index contributed by atoms with van der Waals surface area (Å²) in [5.41, 5.74) is 1.91. The third kappa shape index (κ3) is 8.03. The highest BCUT2D eigenvalue weighted by molar-refractivity contribution is 9.10. The van der Waals surface area contributed by atoms with Gasteiger partial charge in [0.25, 0.3) is 0 Å². The second kappa shape index (κ2) is 12.9. The molecule has 6 heteroatoms. The summed E-state index contributed by atoms with van der Waals surface area (Å²) in [6, 6.07) is 21.5. The second-order valence-electron chi connectivity index (χ2n) is 8.32. The Balaban J connectivity index is 1.52. The molecule has 0 radical (unpaired) electrons. The van der Waals surface area contributed by atoms with Crippen LogP contribution in [0.25, 0.3) is 0 Å². The normalized spacial score (nSPS) is 10.7. The molecule has 3 rings (SSSR count). The molecule has 0 aliphatic carbocycles. The summed E-state index contributed by atoms with van der Waals surface area (Å²) < 4.78 is 17.3. The second-order valence-corrected chi connectivity index (χ2v) is 9.17. The lowest BCUT2D eigenvalue weighted by atomic mass is 10.1. The van der Waals surface area contributed by atoms with Gasteiger partial charge in [-0.2, -0.15) is 0 Å². The number of esters is 2. The van der Waals surface area contributed by atoms with Crippen LogP contribution in [0.15, 0.2) is 77.3 Å². The fraction of sp³-hybridized carbons (Fsp3) is 0.286. The van der Waals surface area contributed by atoms with Gasteiger partial charge in [0.2, 0.25) is 0 Å². The fourth-order valence-electron chi connectivity index (χ4n) is 3.17. The molecule has 0 fully saturated rings. The maximum absolute atomic E-state index is 12.6. The first-order valence-corrected chi connectivity index (χ1v) is 12.2. The van der Waals surface area contributed by atoms with E-state index >= 15 is 0 Å². The Labute approximate surface area is 209 Å². The Morgan fingerprint density at radius 2 is 1.62 bits per heavy atom. The van der Waals surface area contributed by atoms with Crippen LogP contribution in [0.2, 0.25) is 0 Å². The fourth-order valence-corrected chi connectivity index (χ4v) is 3.66. The molecule has 3 aromatic rings. The van der Waals surface area contributed by atoms with Crippen LogP contribution in [0.4, 0.5) is 0 Å². The molecule has 3 aromatic carbocycles. The summed E-state index contributed by atoms with van der Waals surface area (Å²) in [7, 11) is 0. The number of carbonyl (C=O) groups is 2. The van der Waals surface area contributed by atoms with E-state index in [4.69, 9.17) is 14.2 Å². The molecular formula is C28H29BrO5. The van der Waals surface area contributed by atoms with E-state index in [0.717, 1.165) is 19.3 Å². The predicted octanol–water partition coefficient (Wildman–Crippen LogP) is 6.88. The minimum atomic E-state index is -0.525. The van der Waals surface area contributed by atoms with Crippen molar-refractivity contribution in [2.24, 2.45) is 5.92 Å². The van der Waals surface area contributed by atoms with Crippen molar-refractivity contribution in [3.05, 3.63) is 94.0 Å². The molecule has 178 valence electrons. The van der Waals surface area contributed by atoms with Gasteiger partial charge in [0.1, 0.15) is 11.5 Å². The summed E-state index contributed by atoms with van der Waals surface area (Å²) in [6.07, 6.45) is 2.52. The molecule has 0 aliphatic rings. The molecule has 0 saturated heterocycles. The van der Waals surface area contributed by atoms with E-state index in [-0.39, 0.29) is 5.75 Å². The lowest BCUT2D eigenvalue weighted by Gasteiger charge is -2.11. The summed E-state index contributed by atoms with van der Waals surface area (Å²) in [5, 5.41) is 0. The molecule has 0 spiro atoms. The zero-order chi connectivity index (χ0) is 24.3. The van der Waals surface area contributed by atoms with Gasteiger partial charge in [-0.1, -0.05) is 50.2 Å². The predicted molar refractivity (Wildman–Crippen MR) is 136 cm³/mol. The van der Waals surface area contributed by atoms with Gasteiger partial charge in [-0.15, -0.1) is 0 Å². The van der Waals surface area contributed by atoms with E-state index in [2.05, 4.69) is 29.8 Å². The molecule has 0 unspecified atom stereocenters. The van der Waals surface area contributed by atoms with Gasteiger partial charge < -0.3 is 14.2 Å². The average Bonchev–Trinajstić information content (AvgIpc) is 2.83. The highest BCUT2D eigenvalue weighted by Crippen LogP contribution is 2.27. The third-order valence-electron chi connectivity index (χ3n) is 5.09. The zero-order valence-electron chi connectivity index (χ0n) is 19.5. The maximum atomic E-state index is 12.6. The van der Waals surface area contributed by atoms with Gasteiger partial charge >= 0.3 is 11.9 Å². The molecule has 0 saturated carbocycles. The van der Waals surface area contributed by atoms with E-state index in [1.54, 1.807) is 36.4 Å². The van der Waals surface area contributed by atoms with Crippen LogP contribution in [0, 0.1) is 5.92 Å². The Kier molecular flexibility index (Phi) is 9.71. The standard InChI is InChI=1S/C28H29BrO5/c1-20(2)15-17-32-26-14-13-23(19-25(26)29)28(31)34-24-12-6-11-22(18-24)27(30)33-16-7-10-21-8-4-3-5-9-21/h3-6,8-9,11-14,18-20H,7,10,15-17H2,1-2H3. The van der Waals surface area contributed by atoms with Crippen LogP contribution in [-0.4, -0.2) is 25.2 Å². The van der Waals surface area contributed by atoms with Crippen LogP contribution < -0.4 is 9.47 Å². The number of hydrogen-bond acceptors (Lipinski definition) is 5. The number of carbonyl (C=O) groups excluding carboxylic acids is 2. The van der Waals surface area contributed by atoms with Crippen LogP contribution in [0.1, 0.15) is 53.0 Å². The number of rotatable bonds is 11. The molecule has 34 heavy (non-hydrogen) atoms. The van der Waals surface area contributed by atoms with Crippen LogP contribution >= 0.6 is 15.9 Å². The van der Waals surface area contributed by atoms with E-state index in [0.29, 0.717) is 40.5 Å². The lowest BCUT2D eigenvalue weighted by molar-refractivity contribution is 0.0498. The van der Waals surface area contributed by atoms with Gasteiger partial charge in [-0.25, -0.2) is 9.59 Å². The molecule has 0 aromatic heterocycles. The minimum absolute atomic E-state index is 0.275. The van der Waals surface area contributed by atoms with Crippen molar-refractivity contribution in [3.63, 3.8) is 0 Å². The largest absolute Gasteiger partial charge is 0.492 e. The summed E-state index contributed by atoms with van der Waals surface area (Å²) in [6.45, 7) is 5.20. The lowest BCUT2D eigenvalue weighted by Crippen LogP contribution is -2.11. The number of ether oxygens (including phenoxy) is 3. The molecule has 0 N–H and O–H groups in total. The quantitative estimate of drug-likeness (QED) is 0.155. The minimum Gasteiger partial charge on any atom is -0.492 e. The topological polar surface area (TPSA) is 61.8 Å². The van der Waals surface area contributed by atoms with Crippen molar-refractivity contribution in [2.75, 3.05) is 13.2 Å². The Morgan fingerprint density at radius 1 is 0.853 bits per heavy atom. The van der Waals surface area contributed by atoms with Crippen LogP contribution in [-0.2, 0) is 11.2 Å². The monoisotopic (exact) mass is 524 g/mol. The maximum Gasteiger partial charge on any atom is 0.343 e. The highest BCUT2D eigenvalue weighted by Gasteiger charge is 2.14. The van der Waals surface area contributed by atoms with Gasteiger partial charge in [-0.05, 0) is 83.1 Å². The zero-order valence-corrected chi connectivity index (χ0v) is 21.0. The number of aryl methyl sites for hydroxylation is 1. The summed E-state index contributed by atoms with van der Waals surface area (Å²) in [5.74, 6) is 0.529. The van der Waals surface area contributed by atoms with Gasteiger partial charge in [0, 0.05) is 0 Å². The van der Waals surface area contributed by atoms with Crippen molar-refractivity contribution in [3.8, 4) is 11.5 Å². The van der Waals surface area contributed by atoms with Gasteiger partial charge in [-0.3, -0.25) is 0 Å². The van der Waals surface area contributed by atoms with E-state index in [9.17, 15) is 9.59 Å². The first kappa shape index (κ1) is 25.5. The summed E-state index contributed by atoms with van der Waals surface area (Å²) in [4.78, 5) is 25.0. The third-order valence-corrected chi connectivity index (χ3v) is 5.71. The molecule has 0 bridgehead atoms. The van der Waals surface area contributed by atoms with E-state index < -0.39 is 11.9 Å². The van der Waals surface area contributed by atoms with Crippen LogP contribution in [0.3, 0.4) is 0 Å². The SMILES string of the molecule is CC(C)CCOc1ccc(C(=O)Oc2cccc(C(=O)OCCCc3ccccc3)c2)cc1Br. The number of halogens is 1. The van der Waals surface area contributed by atoms with Crippen LogP contribution in [0.5, 0.6) is 11.5 Å². The number of hydrogen-bond donors (Lipinski definition) is 0. The van der Waals surface area contributed by atoms with Crippen molar-refractivity contribution >= 4 is 27.9 Å². The van der Waals surface area contributed by atoms with Gasteiger partial charge in [0.05, 0.1) is 28.8 Å². The Bertz CT molecular complexity index is 1090. The first-order valence-electron chi connectivity index (χ1n) is 11.4. The smallest absolute Gasteiger partial charge is 0.343 e. The van der Waals surface area contributed by atoms with Gasteiger partial charge in [0.15, 0.2) is 0 Å². The van der Waals surface area contributed by atoms with Crippen molar-refractivity contribution in [1.82, 2.24) is 0 Å². The Morgan fingerprint density at radius 3 is 2.35 bits per heavy atom. The van der Waals surface area contributed by atoms with E-state index in [1.807, 2.05) is 30.3 Å².